The van der Waals surface area contributed by atoms with Crippen LogP contribution < -0.4 is 11.1 Å². The molecule has 0 bridgehead atoms. The van der Waals surface area contributed by atoms with Crippen molar-refractivity contribution in [1.82, 2.24) is 5.32 Å². The number of amides is 2. The Morgan fingerprint density at radius 3 is 1.93 bits per heavy atom. The molecular weight excluding hydrogens is 365 g/mol. The third-order valence-corrected chi connectivity index (χ3v) is 3.76. The normalized spacial score (nSPS) is 12.3. The first-order valence-electron chi connectivity index (χ1n) is 7.67. The van der Waals surface area contributed by atoms with E-state index < -0.39 is 35.6 Å². The molecule has 2 aromatic rings. The smallest absolute Gasteiger partial charge is 0.416 e. The maximum Gasteiger partial charge on any atom is 0.416 e. The molecule has 142 valence electrons. The van der Waals surface area contributed by atoms with E-state index in [2.05, 4.69) is 5.32 Å². The van der Waals surface area contributed by atoms with Crippen LogP contribution in [-0.4, -0.2) is 28.9 Å². The predicted octanol–water partition coefficient (Wildman–Crippen LogP) is 2.23. The number of nitrogens with one attached hydrogen (secondary N) is 1. The summed E-state index contributed by atoms with van der Waals surface area (Å²) in [6, 6.07) is 8.04. The van der Waals surface area contributed by atoms with Crippen molar-refractivity contribution >= 4 is 17.8 Å². The Bertz CT molecular complexity index is 846. The third-order valence-electron chi connectivity index (χ3n) is 3.76. The minimum atomic E-state index is -4.52. The highest BCUT2D eigenvalue weighted by molar-refractivity contribution is 5.97. The number of benzene rings is 2. The summed E-state index contributed by atoms with van der Waals surface area (Å²) in [5.74, 6) is -2.70. The van der Waals surface area contributed by atoms with E-state index in [0.717, 1.165) is 24.3 Å². The van der Waals surface area contributed by atoms with Crippen LogP contribution in [0.2, 0.25) is 0 Å². The van der Waals surface area contributed by atoms with E-state index in [1.807, 2.05) is 0 Å². The van der Waals surface area contributed by atoms with Crippen LogP contribution in [0.15, 0.2) is 48.5 Å². The molecule has 4 N–H and O–H groups in total. The Kier molecular flexibility index (Phi) is 5.84. The number of hydrogen-bond donors (Lipinski definition) is 3. The lowest BCUT2D eigenvalue weighted by Crippen LogP contribution is -2.45. The summed E-state index contributed by atoms with van der Waals surface area (Å²) in [5, 5.41) is 11.2. The number of carbonyl (C=O) groups excluding carboxylic acids is 2. The molecule has 0 aliphatic rings. The molecule has 0 heterocycles. The van der Waals surface area contributed by atoms with Crippen molar-refractivity contribution in [2.75, 3.05) is 0 Å². The number of alkyl halides is 3. The first kappa shape index (κ1) is 20.0. The highest BCUT2D eigenvalue weighted by atomic mass is 19.4. The van der Waals surface area contributed by atoms with E-state index in [-0.39, 0.29) is 17.5 Å². The van der Waals surface area contributed by atoms with Crippen LogP contribution in [0.4, 0.5) is 13.2 Å². The number of rotatable bonds is 6. The standard InChI is InChI=1S/C18H15F3N2O4/c19-18(20,21)13-7-5-11(6-8-13)16(25)23-14(15(22)24)9-10-1-3-12(4-2-10)17(26)27/h1-8,14H,9H2,(H2,22,24)(H,23,25)(H,26,27)/t14-/m1/s1. The van der Waals surface area contributed by atoms with Crippen molar-refractivity contribution < 1.29 is 32.7 Å². The van der Waals surface area contributed by atoms with Gasteiger partial charge in [0.1, 0.15) is 6.04 Å². The van der Waals surface area contributed by atoms with Gasteiger partial charge in [0.15, 0.2) is 0 Å². The van der Waals surface area contributed by atoms with E-state index in [9.17, 15) is 27.6 Å². The number of carboxylic acid groups (broad SMARTS) is 1. The molecule has 0 spiro atoms. The molecule has 0 fully saturated rings. The van der Waals surface area contributed by atoms with Crippen LogP contribution in [0.5, 0.6) is 0 Å². The molecular formula is C18H15F3N2O4. The number of carboxylic acids is 1. The summed E-state index contributed by atoms with van der Waals surface area (Å²) in [6.07, 6.45) is -4.52. The zero-order valence-electron chi connectivity index (χ0n) is 13.8. The highest BCUT2D eigenvalue weighted by Crippen LogP contribution is 2.29. The summed E-state index contributed by atoms with van der Waals surface area (Å²) < 4.78 is 37.7. The van der Waals surface area contributed by atoms with Crippen molar-refractivity contribution in [3.05, 3.63) is 70.8 Å². The van der Waals surface area contributed by atoms with Crippen molar-refractivity contribution in [1.29, 1.82) is 0 Å². The molecule has 0 aliphatic carbocycles. The molecule has 2 aromatic carbocycles. The fourth-order valence-electron chi connectivity index (χ4n) is 2.29. The predicted molar refractivity (Wildman–Crippen MR) is 89.0 cm³/mol. The zero-order chi connectivity index (χ0) is 20.2. The number of hydrogen-bond acceptors (Lipinski definition) is 3. The Morgan fingerprint density at radius 2 is 1.48 bits per heavy atom. The molecule has 0 radical (unpaired) electrons. The fraction of sp³-hybridized carbons (Fsp3) is 0.167. The van der Waals surface area contributed by atoms with E-state index >= 15 is 0 Å². The molecule has 2 amide bonds. The largest absolute Gasteiger partial charge is 0.478 e. The Hall–Kier alpha value is -3.36. The summed E-state index contributed by atoms with van der Waals surface area (Å²) in [7, 11) is 0. The van der Waals surface area contributed by atoms with Crippen LogP contribution in [0.3, 0.4) is 0 Å². The van der Waals surface area contributed by atoms with Crippen LogP contribution in [-0.2, 0) is 17.4 Å². The quantitative estimate of drug-likeness (QED) is 0.714. The maximum atomic E-state index is 12.6. The number of primary amides is 1. The van der Waals surface area contributed by atoms with Crippen LogP contribution in [0.25, 0.3) is 0 Å². The summed E-state index contributed by atoms with van der Waals surface area (Å²) in [5.41, 5.74) is 4.93. The Balaban J connectivity index is 2.10. The molecule has 1 atom stereocenters. The average Bonchev–Trinajstić information content (AvgIpc) is 2.60. The lowest BCUT2D eigenvalue weighted by atomic mass is 10.0. The molecule has 9 heteroatoms. The van der Waals surface area contributed by atoms with Crippen molar-refractivity contribution in [3.63, 3.8) is 0 Å². The molecule has 0 unspecified atom stereocenters. The van der Waals surface area contributed by atoms with E-state index in [1.165, 1.54) is 24.3 Å². The van der Waals surface area contributed by atoms with Crippen LogP contribution >= 0.6 is 0 Å². The number of carbonyl (C=O) groups is 3. The number of nitrogens with two attached hydrogens (primary N) is 1. The second-order valence-corrected chi connectivity index (χ2v) is 5.71. The monoisotopic (exact) mass is 380 g/mol. The molecule has 0 aliphatic heterocycles. The van der Waals surface area contributed by atoms with Crippen LogP contribution in [0.1, 0.15) is 31.8 Å². The highest BCUT2D eigenvalue weighted by Gasteiger charge is 2.30. The molecule has 0 saturated carbocycles. The van der Waals surface area contributed by atoms with Gasteiger partial charge < -0.3 is 16.2 Å². The van der Waals surface area contributed by atoms with E-state index in [4.69, 9.17) is 10.8 Å². The van der Waals surface area contributed by atoms with Gasteiger partial charge in [-0.05, 0) is 42.0 Å². The van der Waals surface area contributed by atoms with E-state index in [0.29, 0.717) is 5.56 Å². The van der Waals surface area contributed by atoms with Gasteiger partial charge >= 0.3 is 12.1 Å². The SMILES string of the molecule is NC(=O)[C@@H](Cc1ccc(C(=O)O)cc1)NC(=O)c1ccc(C(F)(F)F)cc1. The topological polar surface area (TPSA) is 109 Å². The fourth-order valence-corrected chi connectivity index (χ4v) is 2.29. The van der Waals surface area contributed by atoms with Crippen LogP contribution in [0, 0.1) is 0 Å². The van der Waals surface area contributed by atoms with Crippen molar-refractivity contribution in [2.24, 2.45) is 5.73 Å². The first-order valence-corrected chi connectivity index (χ1v) is 7.67. The molecule has 27 heavy (non-hydrogen) atoms. The minimum absolute atomic E-state index is 0.00159. The average molecular weight is 380 g/mol. The third kappa shape index (κ3) is 5.30. The van der Waals surface area contributed by atoms with Gasteiger partial charge in [-0.25, -0.2) is 4.79 Å². The van der Waals surface area contributed by atoms with Gasteiger partial charge in [-0.15, -0.1) is 0 Å². The first-order chi connectivity index (χ1) is 12.6. The summed E-state index contributed by atoms with van der Waals surface area (Å²) in [4.78, 5) is 34.6. The van der Waals surface area contributed by atoms with Gasteiger partial charge in [0.2, 0.25) is 5.91 Å². The number of halogens is 3. The molecule has 2 rings (SSSR count). The van der Waals surface area contributed by atoms with Gasteiger partial charge in [0.05, 0.1) is 11.1 Å². The summed E-state index contributed by atoms with van der Waals surface area (Å²) >= 11 is 0. The van der Waals surface area contributed by atoms with Gasteiger partial charge in [0, 0.05) is 12.0 Å². The van der Waals surface area contributed by atoms with Crippen molar-refractivity contribution in [3.8, 4) is 0 Å². The Labute approximate surface area is 151 Å². The van der Waals surface area contributed by atoms with E-state index in [1.54, 1.807) is 0 Å². The van der Waals surface area contributed by atoms with Gasteiger partial charge in [0.25, 0.3) is 5.91 Å². The summed E-state index contributed by atoms with van der Waals surface area (Å²) in [6.45, 7) is 0. The zero-order valence-corrected chi connectivity index (χ0v) is 13.8. The number of aromatic carboxylic acids is 1. The minimum Gasteiger partial charge on any atom is -0.478 e. The second-order valence-electron chi connectivity index (χ2n) is 5.71. The Morgan fingerprint density at radius 1 is 0.963 bits per heavy atom. The van der Waals surface area contributed by atoms with Gasteiger partial charge in [-0.3, -0.25) is 9.59 Å². The lowest BCUT2D eigenvalue weighted by molar-refractivity contribution is -0.137. The molecule has 6 nitrogen and oxygen atoms in total. The van der Waals surface area contributed by atoms with Crippen molar-refractivity contribution in [2.45, 2.75) is 18.6 Å². The molecule has 0 aromatic heterocycles. The lowest BCUT2D eigenvalue weighted by Gasteiger charge is -2.16. The maximum absolute atomic E-state index is 12.6. The second kappa shape index (κ2) is 7.90. The molecule has 0 saturated heterocycles. The van der Waals surface area contributed by atoms with Gasteiger partial charge in [-0.2, -0.15) is 13.2 Å². The van der Waals surface area contributed by atoms with Gasteiger partial charge in [-0.1, -0.05) is 12.1 Å².